The molecule has 1 aliphatic carbocycles. The van der Waals surface area contributed by atoms with Crippen molar-refractivity contribution in [3.05, 3.63) is 0 Å². The molecule has 0 aromatic rings. The molecule has 3 aliphatic rings. The minimum Gasteiger partial charge on any atom is -0.465 e. The quantitative estimate of drug-likeness (QED) is 0.526. The molecule has 0 spiro atoms. The molecule has 2 aliphatic heterocycles. The highest BCUT2D eigenvalue weighted by molar-refractivity contribution is 9.25. The Bertz CT molecular complexity index is 399. The molecule has 2 heterocycles. The molecule has 1 saturated carbocycles. The topological polar surface area (TPSA) is 29.5 Å². The average molecular weight is 409 g/mol. The van der Waals surface area contributed by atoms with Crippen LogP contribution in [-0.2, 0) is 9.53 Å². The van der Waals surface area contributed by atoms with E-state index in [4.69, 9.17) is 4.74 Å². The number of carbonyl (C=O) groups excluding carboxylic acids is 1. The van der Waals surface area contributed by atoms with Gasteiger partial charge in [-0.15, -0.1) is 0 Å². The first-order valence-corrected chi connectivity index (χ1v) is 9.32. The molecule has 0 aromatic heterocycles. The van der Waals surface area contributed by atoms with Crippen LogP contribution in [0, 0.1) is 11.3 Å². The van der Waals surface area contributed by atoms with Crippen molar-refractivity contribution >= 4 is 37.8 Å². The Morgan fingerprint density at radius 2 is 1.95 bits per heavy atom. The fourth-order valence-corrected chi connectivity index (χ4v) is 5.18. The number of carbonyl (C=O) groups is 1. The number of esters is 1. The van der Waals surface area contributed by atoms with E-state index >= 15 is 0 Å². The maximum absolute atomic E-state index is 12.2. The minimum absolute atomic E-state index is 0.0563. The Labute approximate surface area is 138 Å². The predicted molar refractivity (Wildman–Crippen MR) is 86.2 cm³/mol. The third-order valence-corrected chi connectivity index (χ3v) is 7.68. The van der Waals surface area contributed by atoms with E-state index in [2.05, 4.69) is 36.8 Å². The molecule has 3 unspecified atom stereocenters. The van der Waals surface area contributed by atoms with Crippen molar-refractivity contribution in [1.29, 1.82) is 0 Å². The minimum atomic E-state index is -0.395. The van der Waals surface area contributed by atoms with Gasteiger partial charge >= 0.3 is 5.97 Å². The largest absolute Gasteiger partial charge is 0.465 e. The second kappa shape index (κ2) is 5.54. The van der Waals surface area contributed by atoms with Crippen LogP contribution in [0.4, 0.5) is 0 Å². The van der Waals surface area contributed by atoms with E-state index in [1.54, 1.807) is 0 Å². The van der Waals surface area contributed by atoms with Crippen molar-refractivity contribution < 1.29 is 9.53 Å². The van der Waals surface area contributed by atoms with E-state index in [-0.39, 0.29) is 9.20 Å². The molecule has 0 bridgehead atoms. The SMILES string of the molecule is CC1(C(=O)OCC2CCCN3CCCCC23)CC1(Br)Br. The van der Waals surface area contributed by atoms with Gasteiger partial charge in [0.15, 0.2) is 0 Å². The molecule has 0 N–H and O–H groups in total. The number of alkyl halides is 2. The van der Waals surface area contributed by atoms with Gasteiger partial charge in [-0.1, -0.05) is 38.3 Å². The standard InChI is InChI=1S/C15H23Br2NO2/c1-14(10-15(14,16)17)13(19)20-9-11-5-4-8-18-7-3-2-6-12(11)18/h11-12H,2-10H2,1H3. The normalized spacial score (nSPS) is 40.0. The molecule has 3 atom stereocenters. The summed E-state index contributed by atoms with van der Waals surface area (Å²) >= 11 is 7.08. The fraction of sp³-hybridized carbons (Fsp3) is 0.933. The van der Waals surface area contributed by atoms with Gasteiger partial charge in [-0.3, -0.25) is 9.69 Å². The number of fused-ring (bicyclic) bond motifs is 1. The Morgan fingerprint density at radius 3 is 2.65 bits per heavy atom. The Kier molecular flexibility index (Phi) is 4.24. The van der Waals surface area contributed by atoms with Crippen LogP contribution < -0.4 is 0 Å². The molecule has 3 rings (SSSR count). The van der Waals surface area contributed by atoms with Crippen LogP contribution in [0.15, 0.2) is 0 Å². The van der Waals surface area contributed by atoms with E-state index in [1.807, 2.05) is 6.92 Å². The van der Waals surface area contributed by atoms with Crippen molar-refractivity contribution in [2.75, 3.05) is 19.7 Å². The second-order valence-corrected chi connectivity index (χ2v) is 10.6. The van der Waals surface area contributed by atoms with E-state index in [1.165, 1.54) is 45.2 Å². The summed E-state index contributed by atoms with van der Waals surface area (Å²) < 4.78 is 5.42. The van der Waals surface area contributed by atoms with Crippen LogP contribution in [-0.4, -0.2) is 39.8 Å². The number of hydrogen-bond donors (Lipinski definition) is 0. The summed E-state index contributed by atoms with van der Waals surface area (Å²) in [6.45, 7) is 5.04. The highest BCUT2D eigenvalue weighted by Gasteiger charge is 2.67. The van der Waals surface area contributed by atoms with Crippen LogP contribution in [0.5, 0.6) is 0 Å². The number of rotatable bonds is 3. The van der Waals surface area contributed by atoms with Crippen LogP contribution >= 0.6 is 31.9 Å². The maximum Gasteiger partial charge on any atom is 0.314 e. The van der Waals surface area contributed by atoms with Gasteiger partial charge in [-0.2, -0.15) is 0 Å². The lowest BCUT2D eigenvalue weighted by Crippen LogP contribution is -2.49. The van der Waals surface area contributed by atoms with Gasteiger partial charge in [-0.25, -0.2) is 0 Å². The zero-order valence-corrected chi connectivity index (χ0v) is 15.2. The molecule has 2 saturated heterocycles. The van der Waals surface area contributed by atoms with Crippen molar-refractivity contribution in [1.82, 2.24) is 4.90 Å². The highest BCUT2D eigenvalue weighted by Crippen LogP contribution is 2.66. The molecule has 20 heavy (non-hydrogen) atoms. The first kappa shape index (κ1) is 15.3. The lowest BCUT2D eigenvalue weighted by atomic mass is 9.84. The van der Waals surface area contributed by atoms with Gasteiger partial charge in [-0.05, 0) is 52.1 Å². The summed E-state index contributed by atoms with van der Waals surface area (Å²) in [4.78, 5) is 14.9. The molecular weight excluding hydrogens is 386 g/mol. The number of piperidine rings is 2. The molecular formula is C15H23Br2NO2. The van der Waals surface area contributed by atoms with Gasteiger partial charge in [0, 0.05) is 12.0 Å². The molecule has 3 nitrogen and oxygen atoms in total. The summed E-state index contributed by atoms with van der Waals surface area (Å²) in [6.07, 6.45) is 7.20. The third-order valence-electron chi connectivity index (χ3n) is 5.37. The lowest BCUT2D eigenvalue weighted by molar-refractivity contribution is -0.152. The fourth-order valence-electron chi connectivity index (χ4n) is 3.73. The predicted octanol–water partition coefficient (Wildman–Crippen LogP) is 3.69. The maximum atomic E-state index is 12.2. The van der Waals surface area contributed by atoms with Crippen molar-refractivity contribution in [3.63, 3.8) is 0 Å². The van der Waals surface area contributed by atoms with Gasteiger partial charge in [0.2, 0.25) is 0 Å². The van der Waals surface area contributed by atoms with Crippen molar-refractivity contribution in [2.45, 2.75) is 54.7 Å². The zero-order chi connectivity index (χ0) is 14.4. The zero-order valence-electron chi connectivity index (χ0n) is 12.0. The Hall–Kier alpha value is 0.390. The summed E-state index contributed by atoms with van der Waals surface area (Å²) in [5.74, 6) is 0.481. The van der Waals surface area contributed by atoms with E-state index in [0.29, 0.717) is 18.6 Å². The Balaban J connectivity index is 1.54. The molecule has 0 radical (unpaired) electrons. The van der Waals surface area contributed by atoms with Crippen molar-refractivity contribution in [2.24, 2.45) is 11.3 Å². The van der Waals surface area contributed by atoms with Gasteiger partial charge < -0.3 is 4.74 Å². The summed E-state index contributed by atoms with van der Waals surface area (Å²) in [6, 6.07) is 0.648. The molecule has 5 heteroatoms. The number of nitrogens with zero attached hydrogens (tertiary/aromatic N) is 1. The summed E-state index contributed by atoms with van der Waals surface area (Å²) in [5, 5.41) is 0. The van der Waals surface area contributed by atoms with Crippen LogP contribution in [0.25, 0.3) is 0 Å². The molecule has 0 aromatic carbocycles. The van der Waals surface area contributed by atoms with Crippen molar-refractivity contribution in [3.8, 4) is 0 Å². The van der Waals surface area contributed by atoms with Crippen LogP contribution in [0.3, 0.4) is 0 Å². The summed E-state index contributed by atoms with van der Waals surface area (Å²) in [5.41, 5.74) is -0.395. The summed E-state index contributed by atoms with van der Waals surface area (Å²) in [7, 11) is 0. The average Bonchev–Trinajstić information content (AvgIpc) is 2.96. The van der Waals surface area contributed by atoms with E-state index in [0.717, 1.165) is 6.42 Å². The molecule has 114 valence electrons. The first-order chi connectivity index (χ1) is 9.44. The van der Waals surface area contributed by atoms with Gasteiger partial charge in [0.25, 0.3) is 0 Å². The number of hydrogen-bond acceptors (Lipinski definition) is 3. The van der Waals surface area contributed by atoms with Crippen LogP contribution in [0.2, 0.25) is 0 Å². The first-order valence-electron chi connectivity index (χ1n) is 7.73. The third kappa shape index (κ3) is 2.70. The van der Waals surface area contributed by atoms with E-state index < -0.39 is 5.41 Å². The molecule has 0 amide bonds. The molecule has 3 fully saturated rings. The van der Waals surface area contributed by atoms with E-state index in [9.17, 15) is 4.79 Å². The van der Waals surface area contributed by atoms with Crippen LogP contribution in [0.1, 0.15) is 45.4 Å². The number of ether oxygens (including phenoxy) is 1. The lowest BCUT2D eigenvalue weighted by Gasteiger charge is -2.44. The Morgan fingerprint density at radius 1 is 1.25 bits per heavy atom. The van der Waals surface area contributed by atoms with Gasteiger partial charge in [0.1, 0.15) is 0 Å². The number of halogens is 2. The smallest absolute Gasteiger partial charge is 0.314 e. The highest BCUT2D eigenvalue weighted by atomic mass is 79.9. The van der Waals surface area contributed by atoms with Gasteiger partial charge in [0.05, 0.1) is 15.3 Å². The second-order valence-electron chi connectivity index (χ2n) is 6.81. The monoisotopic (exact) mass is 407 g/mol.